The summed E-state index contributed by atoms with van der Waals surface area (Å²) in [4.78, 5) is 0. The predicted molar refractivity (Wildman–Crippen MR) is 409 cm³/mol. The molecule has 2 saturated carbocycles. The van der Waals surface area contributed by atoms with Crippen LogP contribution in [0.4, 0.5) is 0 Å². The highest BCUT2D eigenvalue weighted by atomic mass is 14.4. The van der Waals surface area contributed by atoms with Gasteiger partial charge in [0.05, 0.1) is 0 Å². The zero-order chi connectivity index (χ0) is 64.8. The molecule has 0 saturated heterocycles. The number of hydrogen-bond acceptors (Lipinski definition) is 0. The second-order valence-corrected chi connectivity index (χ2v) is 29.1. The molecule has 11 aliphatic carbocycles. The molecule has 0 nitrogen and oxygen atoms in total. The fourth-order valence-corrected chi connectivity index (χ4v) is 16.9. The van der Waals surface area contributed by atoms with Crippen LogP contribution in [-0.4, -0.2) is 0 Å². The lowest BCUT2D eigenvalue weighted by molar-refractivity contribution is 0.154. The van der Waals surface area contributed by atoms with Gasteiger partial charge in [-0.3, -0.25) is 0 Å². The van der Waals surface area contributed by atoms with Gasteiger partial charge in [0, 0.05) is 17.8 Å². The van der Waals surface area contributed by atoms with Gasteiger partial charge in [-0.25, -0.2) is 0 Å². The molecule has 0 N–H and O–H groups in total. The van der Waals surface area contributed by atoms with Gasteiger partial charge >= 0.3 is 0 Å². The van der Waals surface area contributed by atoms with E-state index in [2.05, 4.69) is 281 Å². The first kappa shape index (κ1) is 64.7. The summed E-state index contributed by atoms with van der Waals surface area (Å²) in [6, 6.07) is 45.8. The number of fused-ring (bicyclic) bond motifs is 3. The monoisotopic (exact) mass is 1250 g/mol. The molecule has 0 radical (unpaired) electrons. The van der Waals surface area contributed by atoms with Crippen molar-refractivity contribution in [3.8, 4) is 0 Å². The van der Waals surface area contributed by atoms with E-state index in [4.69, 9.17) is 0 Å². The van der Waals surface area contributed by atoms with Crippen LogP contribution >= 0.6 is 0 Å². The molecule has 2 fully saturated rings. The molecule has 0 bridgehead atoms. The number of rotatable bonds is 19. The molecule has 0 heteroatoms. The molecule has 5 aromatic carbocycles. The standard InChI is InChI=1S/C32H36.2C32H32/c1-2-6-28(7-3-1)31-21-20-29(30-10-5-11-32(30)31)22-23-12-14-25(15-13-23)27-18-16-26(17-19-27)24-8-4-9-24;2*1-24-9-5-6-11-27(24)14-7-10-25-17-19-26(20-18-25)23-29-21-22-31(28-12-3-2-4-13-28)32-16-8-15-30(29)32/h2,5-7,10-15,20-21,24,26-27,32H,1,3-4,8-9,16-19,22H2;2*3,5-6,8-9,11-13,15-22,32H,2,4,7,10,14,23H2,1H3. The largest absolute Gasteiger partial charge is 0.0836 e. The normalized spacial score (nSPS) is 22.7. The van der Waals surface area contributed by atoms with Crippen molar-refractivity contribution in [2.75, 3.05) is 0 Å². The van der Waals surface area contributed by atoms with Gasteiger partial charge in [0.1, 0.15) is 0 Å². The van der Waals surface area contributed by atoms with Gasteiger partial charge < -0.3 is 0 Å². The van der Waals surface area contributed by atoms with Gasteiger partial charge in [-0.05, 0) is 276 Å². The number of allylic oxidation sites excluding steroid dienone is 36. The van der Waals surface area contributed by atoms with Crippen molar-refractivity contribution in [2.45, 2.75) is 161 Å². The van der Waals surface area contributed by atoms with Crippen LogP contribution in [0.15, 0.2) is 334 Å². The molecule has 11 aliphatic rings. The van der Waals surface area contributed by atoms with Crippen LogP contribution in [0, 0.1) is 43.4 Å². The van der Waals surface area contributed by atoms with Gasteiger partial charge in [0.15, 0.2) is 0 Å². The summed E-state index contributed by atoms with van der Waals surface area (Å²) in [5.41, 5.74) is 31.9. The molecule has 0 spiro atoms. The van der Waals surface area contributed by atoms with E-state index in [1.165, 1.54) is 200 Å². The fourth-order valence-electron chi connectivity index (χ4n) is 16.9. The number of aryl methyl sites for hydroxylation is 6. The van der Waals surface area contributed by atoms with Gasteiger partial charge in [0.2, 0.25) is 0 Å². The molecule has 96 heavy (non-hydrogen) atoms. The molecule has 0 heterocycles. The van der Waals surface area contributed by atoms with Crippen molar-refractivity contribution in [1.29, 1.82) is 0 Å². The van der Waals surface area contributed by atoms with E-state index in [9.17, 15) is 0 Å². The van der Waals surface area contributed by atoms with Crippen LogP contribution in [0.3, 0.4) is 0 Å². The van der Waals surface area contributed by atoms with Crippen molar-refractivity contribution in [2.24, 2.45) is 29.6 Å². The Morgan fingerprint density at radius 3 is 1.04 bits per heavy atom. The Morgan fingerprint density at radius 1 is 0.323 bits per heavy atom. The SMILES string of the molecule is C1=CC2C(C3=CCCC=C3)=CC=C(Cc3ccc(C4CCC(C5CCC5)CC4)cc3)C2=C1.Cc1ccccc1CCCc1ccc(CC2=CC=C(C3=CCCC=C3)C3C=CC=C23)cc1.Cc1ccccc1CCCc1ccc(CC2=CC=C(C3=CCCC=C3)C3C=CC=C23)cc1. The quantitative estimate of drug-likeness (QED) is 0.0773. The molecule has 484 valence electrons. The van der Waals surface area contributed by atoms with Crippen LogP contribution in [-0.2, 0) is 44.9 Å². The maximum atomic E-state index is 2.44. The fraction of sp³-hybridized carbons (Fsp3) is 0.312. The minimum absolute atomic E-state index is 0.421. The van der Waals surface area contributed by atoms with Crippen LogP contribution in [0.25, 0.3) is 0 Å². The summed E-state index contributed by atoms with van der Waals surface area (Å²) < 4.78 is 0. The lowest BCUT2D eigenvalue weighted by atomic mass is 9.67. The van der Waals surface area contributed by atoms with E-state index in [-0.39, 0.29) is 0 Å². The predicted octanol–water partition coefficient (Wildman–Crippen LogP) is 24.5. The Morgan fingerprint density at radius 2 is 0.688 bits per heavy atom. The highest BCUT2D eigenvalue weighted by Crippen LogP contribution is 2.47. The Hall–Kier alpha value is -8.58. The Balaban J connectivity index is 0.000000124. The number of hydrogen-bond donors (Lipinski definition) is 0. The van der Waals surface area contributed by atoms with Crippen molar-refractivity contribution in [1.82, 2.24) is 0 Å². The third-order valence-corrected chi connectivity index (χ3v) is 22.9. The second-order valence-electron chi connectivity index (χ2n) is 29.1. The molecule has 5 aromatic rings. The lowest BCUT2D eigenvalue weighted by Gasteiger charge is -2.38. The average Bonchev–Trinajstić information content (AvgIpc) is 1.58. The Kier molecular flexibility index (Phi) is 21.3. The highest BCUT2D eigenvalue weighted by Gasteiger charge is 2.33. The van der Waals surface area contributed by atoms with Crippen molar-refractivity contribution in [3.63, 3.8) is 0 Å². The second kappa shape index (κ2) is 31.5. The number of benzene rings is 5. The summed E-state index contributed by atoms with van der Waals surface area (Å²) >= 11 is 0. The molecule has 0 aliphatic heterocycles. The average molecular weight is 1250 g/mol. The van der Waals surface area contributed by atoms with E-state index in [0.29, 0.717) is 17.8 Å². The molecule has 3 atom stereocenters. The van der Waals surface area contributed by atoms with E-state index in [1.807, 2.05) is 0 Å². The van der Waals surface area contributed by atoms with Crippen LogP contribution < -0.4 is 0 Å². The summed E-state index contributed by atoms with van der Waals surface area (Å²) in [6.45, 7) is 4.43. The van der Waals surface area contributed by atoms with Gasteiger partial charge in [-0.2, -0.15) is 0 Å². The van der Waals surface area contributed by atoms with E-state index >= 15 is 0 Å². The van der Waals surface area contributed by atoms with Crippen molar-refractivity contribution >= 4 is 0 Å². The molecule has 0 amide bonds. The van der Waals surface area contributed by atoms with Gasteiger partial charge in [-0.15, -0.1) is 0 Å². The van der Waals surface area contributed by atoms with Gasteiger partial charge in [0.25, 0.3) is 0 Å². The van der Waals surface area contributed by atoms with E-state index in [0.717, 1.165) is 75.5 Å². The maximum Gasteiger partial charge on any atom is 0.0281 e. The molecular weight excluding hydrogens is 1150 g/mol. The van der Waals surface area contributed by atoms with Crippen molar-refractivity contribution < 1.29 is 0 Å². The molecule has 16 rings (SSSR count). The van der Waals surface area contributed by atoms with Crippen LogP contribution in [0.2, 0.25) is 0 Å². The topological polar surface area (TPSA) is 0 Å². The Bertz CT molecular complexity index is 4020. The Labute approximate surface area is 576 Å². The first-order valence-electron chi connectivity index (χ1n) is 37.2. The zero-order valence-corrected chi connectivity index (χ0v) is 57.4. The third kappa shape index (κ3) is 15.8. The summed E-state index contributed by atoms with van der Waals surface area (Å²) in [6.07, 6.45) is 83.3. The third-order valence-electron chi connectivity index (χ3n) is 22.9. The lowest BCUT2D eigenvalue weighted by Crippen LogP contribution is -2.25. The molecular formula is C96H100. The smallest absolute Gasteiger partial charge is 0.0281 e. The molecule has 3 unspecified atom stereocenters. The first-order chi connectivity index (χ1) is 47.4. The minimum atomic E-state index is 0.421. The maximum absolute atomic E-state index is 2.44. The van der Waals surface area contributed by atoms with Crippen molar-refractivity contribution in [3.05, 3.63) is 390 Å². The molecule has 0 aromatic heterocycles. The van der Waals surface area contributed by atoms with E-state index < -0.39 is 0 Å². The summed E-state index contributed by atoms with van der Waals surface area (Å²) in [7, 11) is 0. The summed E-state index contributed by atoms with van der Waals surface area (Å²) in [5.74, 6) is 4.19. The van der Waals surface area contributed by atoms with E-state index in [1.54, 1.807) is 5.56 Å². The van der Waals surface area contributed by atoms with Crippen LogP contribution in [0.5, 0.6) is 0 Å². The summed E-state index contributed by atoms with van der Waals surface area (Å²) in [5, 5.41) is 0. The highest BCUT2D eigenvalue weighted by molar-refractivity contribution is 5.63. The first-order valence-corrected chi connectivity index (χ1v) is 37.2. The van der Waals surface area contributed by atoms with Crippen LogP contribution in [0.1, 0.15) is 158 Å². The van der Waals surface area contributed by atoms with Gasteiger partial charge in [-0.1, -0.05) is 286 Å². The minimum Gasteiger partial charge on any atom is -0.0836 e. The zero-order valence-electron chi connectivity index (χ0n) is 57.4.